The van der Waals surface area contributed by atoms with Gasteiger partial charge in [-0.3, -0.25) is 0 Å². The van der Waals surface area contributed by atoms with Gasteiger partial charge in [-0.1, -0.05) is 18.1 Å². The first-order valence-corrected chi connectivity index (χ1v) is 7.44. The molecule has 1 heterocycles. The maximum absolute atomic E-state index is 5.32. The van der Waals surface area contributed by atoms with Gasteiger partial charge in [-0.05, 0) is 37.6 Å². The number of ether oxygens (including phenoxy) is 2. The maximum Gasteiger partial charge on any atom is 0.243 e. The van der Waals surface area contributed by atoms with Crippen molar-refractivity contribution < 1.29 is 14.0 Å². The van der Waals surface area contributed by atoms with Gasteiger partial charge in [0.25, 0.3) is 0 Å². The molecule has 0 bridgehead atoms. The summed E-state index contributed by atoms with van der Waals surface area (Å²) in [6.45, 7) is 5.06. The van der Waals surface area contributed by atoms with Crippen LogP contribution in [-0.4, -0.2) is 30.9 Å². The zero-order chi connectivity index (χ0) is 15.9. The Morgan fingerprint density at radius 2 is 2.00 bits per heavy atom. The fourth-order valence-corrected chi connectivity index (χ4v) is 2.14. The standard InChI is InChI=1S/C16H23N3O3/c1-5-8-17-11(2)16-18-15(19-22-16)10-12-6-7-13(20-3)14(9-12)21-4/h6-7,9,11,17H,5,8,10H2,1-4H3. The molecule has 0 saturated carbocycles. The van der Waals surface area contributed by atoms with Crippen molar-refractivity contribution >= 4 is 0 Å². The van der Waals surface area contributed by atoms with E-state index in [4.69, 9.17) is 14.0 Å². The van der Waals surface area contributed by atoms with Crippen molar-refractivity contribution in [3.05, 3.63) is 35.5 Å². The van der Waals surface area contributed by atoms with Crippen molar-refractivity contribution in [3.63, 3.8) is 0 Å². The van der Waals surface area contributed by atoms with Crippen LogP contribution in [0.5, 0.6) is 11.5 Å². The summed E-state index contributed by atoms with van der Waals surface area (Å²) in [6.07, 6.45) is 1.65. The SMILES string of the molecule is CCCNC(C)c1nc(Cc2ccc(OC)c(OC)c2)no1. The number of rotatable bonds is 8. The Bertz CT molecular complexity index is 598. The first kappa shape index (κ1) is 16.3. The van der Waals surface area contributed by atoms with Crippen LogP contribution in [0.25, 0.3) is 0 Å². The van der Waals surface area contributed by atoms with E-state index in [-0.39, 0.29) is 6.04 Å². The van der Waals surface area contributed by atoms with Gasteiger partial charge in [-0.2, -0.15) is 4.98 Å². The maximum atomic E-state index is 5.32. The largest absolute Gasteiger partial charge is 0.493 e. The third kappa shape index (κ3) is 3.98. The fourth-order valence-electron chi connectivity index (χ4n) is 2.14. The van der Waals surface area contributed by atoms with Gasteiger partial charge in [0.15, 0.2) is 17.3 Å². The Kier molecular flexibility index (Phi) is 5.77. The Morgan fingerprint density at radius 1 is 1.23 bits per heavy atom. The van der Waals surface area contributed by atoms with Crippen molar-refractivity contribution in [2.24, 2.45) is 0 Å². The molecule has 0 aliphatic carbocycles. The molecule has 0 amide bonds. The topological polar surface area (TPSA) is 69.4 Å². The van der Waals surface area contributed by atoms with Gasteiger partial charge in [0.2, 0.25) is 5.89 Å². The highest BCUT2D eigenvalue weighted by Gasteiger charge is 2.14. The molecule has 1 N–H and O–H groups in total. The number of nitrogens with one attached hydrogen (secondary N) is 1. The molecule has 2 aromatic rings. The van der Waals surface area contributed by atoms with Crippen LogP contribution < -0.4 is 14.8 Å². The molecule has 6 heteroatoms. The fraction of sp³-hybridized carbons (Fsp3) is 0.500. The van der Waals surface area contributed by atoms with Crippen LogP contribution in [-0.2, 0) is 6.42 Å². The Hall–Kier alpha value is -2.08. The molecule has 0 saturated heterocycles. The molecule has 6 nitrogen and oxygen atoms in total. The van der Waals surface area contributed by atoms with E-state index in [0.29, 0.717) is 29.6 Å². The molecular weight excluding hydrogens is 282 g/mol. The number of aromatic nitrogens is 2. The Morgan fingerprint density at radius 3 is 2.68 bits per heavy atom. The Labute approximate surface area is 130 Å². The highest BCUT2D eigenvalue weighted by molar-refractivity contribution is 5.43. The highest BCUT2D eigenvalue weighted by atomic mass is 16.5. The molecule has 0 aliphatic rings. The minimum Gasteiger partial charge on any atom is -0.493 e. The van der Waals surface area contributed by atoms with E-state index in [1.807, 2.05) is 25.1 Å². The van der Waals surface area contributed by atoms with Gasteiger partial charge in [-0.15, -0.1) is 0 Å². The van der Waals surface area contributed by atoms with E-state index in [0.717, 1.165) is 18.5 Å². The van der Waals surface area contributed by atoms with E-state index in [9.17, 15) is 0 Å². The van der Waals surface area contributed by atoms with Crippen LogP contribution in [0.15, 0.2) is 22.7 Å². The van der Waals surface area contributed by atoms with Gasteiger partial charge in [0.05, 0.1) is 20.3 Å². The van der Waals surface area contributed by atoms with Gasteiger partial charge in [-0.25, -0.2) is 0 Å². The molecule has 0 spiro atoms. The third-order valence-electron chi connectivity index (χ3n) is 3.36. The van der Waals surface area contributed by atoms with Crippen molar-refractivity contribution in [3.8, 4) is 11.5 Å². The van der Waals surface area contributed by atoms with Crippen molar-refractivity contribution in [2.75, 3.05) is 20.8 Å². The Balaban J connectivity index is 2.06. The highest BCUT2D eigenvalue weighted by Crippen LogP contribution is 2.28. The quantitative estimate of drug-likeness (QED) is 0.808. The van der Waals surface area contributed by atoms with E-state index >= 15 is 0 Å². The second kappa shape index (κ2) is 7.79. The summed E-state index contributed by atoms with van der Waals surface area (Å²) < 4.78 is 15.9. The van der Waals surface area contributed by atoms with Crippen LogP contribution in [0.3, 0.4) is 0 Å². The smallest absolute Gasteiger partial charge is 0.243 e. The summed E-state index contributed by atoms with van der Waals surface area (Å²) in [5, 5.41) is 7.37. The average Bonchev–Trinajstić information content (AvgIpc) is 3.01. The molecule has 2 rings (SSSR count). The lowest BCUT2D eigenvalue weighted by Crippen LogP contribution is -2.19. The van der Waals surface area contributed by atoms with Crippen LogP contribution in [0.2, 0.25) is 0 Å². The van der Waals surface area contributed by atoms with Crippen LogP contribution in [0.1, 0.15) is 43.6 Å². The lowest BCUT2D eigenvalue weighted by atomic mass is 10.1. The van der Waals surface area contributed by atoms with E-state index in [1.165, 1.54) is 0 Å². The predicted octanol–water partition coefficient (Wildman–Crippen LogP) is 2.74. The summed E-state index contributed by atoms with van der Waals surface area (Å²) in [5.74, 6) is 2.68. The second-order valence-corrected chi connectivity index (χ2v) is 5.09. The third-order valence-corrected chi connectivity index (χ3v) is 3.36. The van der Waals surface area contributed by atoms with Gasteiger partial charge < -0.3 is 19.3 Å². The number of nitrogens with zero attached hydrogens (tertiary/aromatic N) is 2. The summed E-state index contributed by atoms with van der Waals surface area (Å²) in [5.41, 5.74) is 1.04. The van der Waals surface area contributed by atoms with Crippen molar-refractivity contribution in [2.45, 2.75) is 32.7 Å². The summed E-state index contributed by atoms with van der Waals surface area (Å²) >= 11 is 0. The van der Waals surface area contributed by atoms with E-state index in [2.05, 4.69) is 22.4 Å². The first-order chi connectivity index (χ1) is 10.7. The second-order valence-electron chi connectivity index (χ2n) is 5.09. The molecule has 1 aromatic heterocycles. The number of hydrogen-bond donors (Lipinski definition) is 1. The molecule has 22 heavy (non-hydrogen) atoms. The number of benzene rings is 1. The monoisotopic (exact) mass is 305 g/mol. The minimum absolute atomic E-state index is 0.0617. The molecular formula is C16H23N3O3. The zero-order valence-electron chi connectivity index (χ0n) is 13.5. The van der Waals surface area contributed by atoms with Crippen molar-refractivity contribution in [1.29, 1.82) is 0 Å². The van der Waals surface area contributed by atoms with Crippen LogP contribution in [0, 0.1) is 0 Å². The normalized spacial score (nSPS) is 12.2. The summed E-state index contributed by atoms with van der Waals surface area (Å²) in [7, 11) is 3.24. The predicted molar refractivity (Wildman–Crippen MR) is 83.4 cm³/mol. The number of methoxy groups -OCH3 is 2. The molecule has 1 atom stereocenters. The molecule has 0 fully saturated rings. The van der Waals surface area contributed by atoms with Gasteiger partial charge in [0.1, 0.15) is 0 Å². The number of hydrogen-bond acceptors (Lipinski definition) is 6. The molecule has 120 valence electrons. The van der Waals surface area contributed by atoms with Crippen LogP contribution >= 0.6 is 0 Å². The average molecular weight is 305 g/mol. The first-order valence-electron chi connectivity index (χ1n) is 7.44. The van der Waals surface area contributed by atoms with E-state index < -0.39 is 0 Å². The van der Waals surface area contributed by atoms with Crippen LogP contribution in [0.4, 0.5) is 0 Å². The van der Waals surface area contributed by atoms with Gasteiger partial charge in [0, 0.05) is 6.42 Å². The van der Waals surface area contributed by atoms with Crippen molar-refractivity contribution in [1.82, 2.24) is 15.5 Å². The molecule has 0 aliphatic heterocycles. The minimum atomic E-state index is 0.0617. The molecule has 1 aromatic carbocycles. The lowest BCUT2D eigenvalue weighted by Gasteiger charge is -2.08. The van der Waals surface area contributed by atoms with Gasteiger partial charge >= 0.3 is 0 Å². The molecule has 0 radical (unpaired) electrons. The van der Waals surface area contributed by atoms with E-state index in [1.54, 1.807) is 14.2 Å². The summed E-state index contributed by atoms with van der Waals surface area (Å²) in [6, 6.07) is 5.83. The lowest BCUT2D eigenvalue weighted by molar-refractivity contribution is 0.337. The summed E-state index contributed by atoms with van der Waals surface area (Å²) in [4.78, 5) is 4.44. The zero-order valence-corrected chi connectivity index (χ0v) is 13.5. The molecule has 1 unspecified atom stereocenters.